The molecule has 0 bridgehead atoms. The van der Waals surface area contributed by atoms with Crippen molar-refractivity contribution in [1.29, 1.82) is 0 Å². The Morgan fingerprint density at radius 1 is 1.18 bits per heavy atom. The molecule has 0 radical (unpaired) electrons. The molecule has 8 nitrogen and oxygen atoms in total. The van der Waals surface area contributed by atoms with E-state index in [0.717, 1.165) is 10.6 Å². The lowest BCUT2D eigenvalue weighted by Gasteiger charge is -2.17. The summed E-state index contributed by atoms with van der Waals surface area (Å²) in [7, 11) is 0. The minimum absolute atomic E-state index is 0.0695. The Balaban J connectivity index is 1.47. The van der Waals surface area contributed by atoms with Crippen LogP contribution in [0.1, 0.15) is 18.9 Å². The van der Waals surface area contributed by atoms with Gasteiger partial charge in [-0.25, -0.2) is 4.79 Å². The van der Waals surface area contributed by atoms with E-state index in [4.69, 9.17) is 9.15 Å². The third kappa shape index (κ3) is 5.09. The molecular weight excluding hydrogens is 444 g/mol. The van der Waals surface area contributed by atoms with Crippen molar-refractivity contribution in [2.45, 2.75) is 24.8 Å². The summed E-state index contributed by atoms with van der Waals surface area (Å²) >= 11 is 1.58. The Morgan fingerprint density at radius 3 is 2.76 bits per heavy atom. The van der Waals surface area contributed by atoms with Crippen molar-refractivity contribution in [2.24, 2.45) is 5.92 Å². The Bertz CT molecular complexity index is 1300. The number of hydrogen-bond donors (Lipinski definition) is 1. The maximum atomic E-state index is 12.7. The monoisotopic (exact) mass is 466 g/mol. The molecule has 1 fully saturated rings. The van der Waals surface area contributed by atoms with Gasteiger partial charge in [-0.05, 0) is 36.6 Å². The number of carbonyl (C=O) groups is 3. The van der Waals surface area contributed by atoms with Crippen LogP contribution >= 0.6 is 11.8 Å². The maximum Gasteiger partial charge on any atom is 0.336 e. The minimum atomic E-state index is -0.593. The van der Waals surface area contributed by atoms with Crippen LogP contribution < -0.4 is 15.8 Å². The fourth-order valence-electron chi connectivity index (χ4n) is 3.79. The van der Waals surface area contributed by atoms with E-state index in [1.54, 1.807) is 34.9 Å². The zero-order valence-corrected chi connectivity index (χ0v) is 18.9. The van der Waals surface area contributed by atoms with Crippen LogP contribution in [-0.4, -0.2) is 30.6 Å². The highest BCUT2D eigenvalue weighted by Gasteiger charge is 2.36. The topological polar surface area (TPSA) is 106 Å². The molecular formula is C24H22N2O6S. The normalized spacial score (nSPS) is 15.6. The van der Waals surface area contributed by atoms with E-state index in [1.807, 2.05) is 30.5 Å². The highest BCUT2D eigenvalue weighted by Crippen LogP contribution is 2.29. The van der Waals surface area contributed by atoms with Gasteiger partial charge in [0, 0.05) is 59.2 Å². The van der Waals surface area contributed by atoms with E-state index in [0.29, 0.717) is 16.6 Å². The second-order valence-corrected chi connectivity index (χ2v) is 8.58. The molecule has 0 spiro atoms. The van der Waals surface area contributed by atoms with E-state index < -0.39 is 17.5 Å². The average Bonchev–Trinajstić information content (AvgIpc) is 3.18. The van der Waals surface area contributed by atoms with Crippen LogP contribution in [-0.2, 0) is 25.7 Å². The molecule has 2 aromatic carbocycles. The summed E-state index contributed by atoms with van der Waals surface area (Å²) in [4.78, 5) is 51.1. The van der Waals surface area contributed by atoms with Crippen molar-refractivity contribution in [3.8, 4) is 0 Å². The van der Waals surface area contributed by atoms with Crippen LogP contribution in [0.15, 0.2) is 62.6 Å². The van der Waals surface area contributed by atoms with Crippen molar-refractivity contribution in [3.63, 3.8) is 0 Å². The van der Waals surface area contributed by atoms with Crippen molar-refractivity contribution in [2.75, 3.05) is 23.0 Å². The van der Waals surface area contributed by atoms with Gasteiger partial charge in [0.2, 0.25) is 11.8 Å². The van der Waals surface area contributed by atoms with Crippen LogP contribution in [0.4, 0.5) is 11.4 Å². The number of nitrogens with zero attached hydrogens (tertiary/aromatic N) is 1. The number of benzene rings is 2. The average molecular weight is 467 g/mol. The Labute approximate surface area is 193 Å². The van der Waals surface area contributed by atoms with Crippen LogP contribution in [0.2, 0.25) is 0 Å². The standard InChI is InChI=1S/C24H22N2O6S/c1-14(27)25-17-6-7-20-16(9-23(29)32-21(20)10-17)13-31-24(30)15-8-22(28)26(12-15)18-4-3-5-19(11-18)33-2/h3-7,9-11,15H,8,12-13H2,1-2H3,(H,25,27). The third-order valence-corrected chi connectivity index (χ3v) is 6.07. The smallest absolute Gasteiger partial charge is 0.336 e. The number of carbonyl (C=O) groups excluding carboxylic acids is 3. The Morgan fingerprint density at radius 2 is 2.00 bits per heavy atom. The highest BCUT2D eigenvalue weighted by atomic mass is 32.2. The third-order valence-electron chi connectivity index (χ3n) is 5.34. The van der Waals surface area contributed by atoms with Gasteiger partial charge < -0.3 is 19.4 Å². The number of nitrogens with one attached hydrogen (secondary N) is 1. The maximum absolute atomic E-state index is 12.7. The van der Waals surface area contributed by atoms with Gasteiger partial charge in [0.1, 0.15) is 12.2 Å². The first-order chi connectivity index (χ1) is 15.8. The molecule has 1 saturated heterocycles. The summed E-state index contributed by atoms with van der Waals surface area (Å²) in [6.07, 6.45) is 2.03. The molecule has 1 aliphatic heterocycles. The predicted molar refractivity (Wildman–Crippen MR) is 125 cm³/mol. The lowest BCUT2D eigenvalue weighted by Crippen LogP contribution is -2.26. The zero-order chi connectivity index (χ0) is 23.5. The summed E-state index contributed by atoms with van der Waals surface area (Å²) in [6.45, 7) is 1.49. The highest BCUT2D eigenvalue weighted by molar-refractivity contribution is 7.98. The van der Waals surface area contributed by atoms with Gasteiger partial charge in [0.25, 0.3) is 0 Å². The van der Waals surface area contributed by atoms with E-state index in [-0.39, 0.29) is 37.0 Å². The Kier molecular flexibility index (Phi) is 6.50. The number of rotatable bonds is 6. The summed E-state index contributed by atoms with van der Waals surface area (Å²) in [6, 6.07) is 13.8. The second kappa shape index (κ2) is 9.50. The van der Waals surface area contributed by atoms with Gasteiger partial charge in [-0.15, -0.1) is 11.8 Å². The van der Waals surface area contributed by atoms with Gasteiger partial charge in [0.15, 0.2) is 0 Å². The molecule has 0 saturated carbocycles. The molecule has 1 aliphatic rings. The number of hydrogen-bond acceptors (Lipinski definition) is 7. The van der Waals surface area contributed by atoms with E-state index in [9.17, 15) is 19.2 Å². The second-order valence-electron chi connectivity index (χ2n) is 7.70. The molecule has 170 valence electrons. The molecule has 3 aromatic rings. The number of fused-ring (bicyclic) bond motifs is 1. The van der Waals surface area contributed by atoms with E-state index in [2.05, 4.69) is 5.32 Å². The van der Waals surface area contributed by atoms with Crippen LogP contribution in [0.3, 0.4) is 0 Å². The van der Waals surface area contributed by atoms with E-state index in [1.165, 1.54) is 13.0 Å². The van der Waals surface area contributed by atoms with Crippen LogP contribution in [0.25, 0.3) is 11.0 Å². The summed E-state index contributed by atoms with van der Waals surface area (Å²) in [5.41, 5.74) is 1.41. The summed E-state index contributed by atoms with van der Waals surface area (Å²) < 4.78 is 10.7. The van der Waals surface area contributed by atoms with Crippen molar-refractivity contribution >= 4 is 51.9 Å². The molecule has 2 heterocycles. The summed E-state index contributed by atoms with van der Waals surface area (Å²) in [5.74, 6) is -1.47. The number of ether oxygens (including phenoxy) is 1. The van der Waals surface area contributed by atoms with Gasteiger partial charge >= 0.3 is 11.6 Å². The van der Waals surface area contributed by atoms with E-state index >= 15 is 0 Å². The van der Waals surface area contributed by atoms with Gasteiger partial charge in [-0.3, -0.25) is 14.4 Å². The van der Waals surface area contributed by atoms with Crippen molar-refractivity contribution < 1.29 is 23.5 Å². The van der Waals surface area contributed by atoms with Gasteiger partial charge in [-0.1, -0.05) is 6.07 Å². The fraction of sp³-hybridized carbons (Fsp3) is 0.250. The lowest BCUT2D eigenvalue weighted by atomic mass is 10.1. The molecule has 2 amide bonds. The fourth-order valence-corrected chi connectivity index (χ4v) is 4.24. The zero-order valence-electron chi connectivity index (χ0n) is 18.1. The number of thioether (sulfide) groups is 1. The lowest BCUT2D eigenvalue weighted by molar-refractivity contribution is -0.149. The Hall–Kier alpha value is -3.59. The molecule has 1 unspecified atom stereocenters. The van der Waals surface area contributed by atoms with Crippen molar-refractivity contribution in [3.05, 3.63) is 64.5 Å². The largest absolute Gasteiger partial charge is 0.461 e. The number of amides is 2. The van der Waals surface area contributed by atoms with Crippen LogP contribution in [0, 0.1) is 5.92 Å². The number of anilines is 2. The molecule has 0 aliphatic carbocycles. The predicted octanol–water partition coefficient (Wildman–Crippen LogP) is 3.57. The molecule has 9 heteroatoms. The molecule has 1 aromatic heterocycles. The SMILES string of the molecule is CSc1cccc(N2CC(C(=O)OCc3cc(=O)oc4cc(NC(C)=O)ccc34)CC2=O)c1. The molecule has 33 heavy (non-hydrogen) atoms. The van der Waals surface area contributed by atoms with Crippen LogP contribution in [0.5, 0.6) is 0 Å². The molecule has 4 rings (SSSR count). The first-order valence-corrected chi connectivity index (χ1v) is 11.5. The van der Waals surface area contributed by atoms with Gasteiger partial charge in [0.05, 0.1) is 5.92 Å². The van der Waals surface area contributed by atoms with Gasteiger partial charge in [-0.2, -0.15) is 0 Å². The minimum Gasteiger partial charge on any atom is -0.461 e. The molecule has 1 atom stereocenters. The summed E-state index contributed by atoms with van der Waals surface area (Å²) in [5, 5.41) is 3.22. The first kappa shape index (κ1) is 22.6. The quantitative estimate of drug-likeness (QED) is 0.336. The number of esters is 1. The molecule has 1 N–H and O–H groups in total. The van der Waals surface area contributed by atoms with Crippen molar-refractivity contribution in [1.82, 2.24) is 0 Å². The first-order valence-electron chi connectivity index (χ1n) is 10.3.